The molecule has 0 aliphatic carbocycles. The smallest absolute Gasteiger partial charge is 0.245 e. The van der Waals surface area contributed by atoms with E-state index < -0.39 is 6.04 Å². The van der Waals surface area contributed by atoms with Crippen LogP contribution >= 0.6 is 0 Å². The largest absolute Gasteiger partial charge is 0.378 e. The van der Waals surface area contributed by atoms with Gasteiger partial charge >= 0.3 is 0 Å². The first kappa shape index (κ1) is 13.9. The lowest BCUT2D eigenvalue weighted by atomic mass is 10.1. The minimum Gasteiger partial charge on any atom is -0.378 e. The standard InChI is InChI=1S/C11H21N3O3/c1-8(7-12)10(15)13-9(2)11(16)14-3-5-17-6-4-14/h8-9H,3-7,12H2,1-2H3,(H,13,15). The number of carbonyl (C=O) groups is 2. The topological polar surface area (TPSA) is 84.7 Å². The average molecular weight is 243 g/mol. The van der Waals surface area contributed by atoms with Crippen LogP contribution in [0.25, 0.3) is 0 Å². The zero-order chi connectivity index (χ0) is 12.8. The van der Waals surface area contributed by atoms with Crippen molar-refractivity contribution in [1.29, 1.82) is 0 Å². The van der Waals surface area contributed by atoms with E-state index in [-0.39, 0.29) is 24.3 Å². The highest BCUT2D eigenvalue weighted by molar-refractivity contribution is 5.88. The number of nitrogens with one attached hydrogen (secondary N) is 1. The zero-order valence-corrected chi connectivity index (χ0v) is 10.4. The van der Waals surface area contributed by atoms with Gasteiger partial charge in [0, 0.05) is 25.6 Å². The monoisotopic (exact) mass is 243 g/mol. The van der Waals surface area contributed by atoms with E-state index in [9.17, 15) is 9.59 Å². The lowest BCUT2D eigenvalue weighted by Gasteiger charge is -2.29. The Morgan fingerprint density at radius 2 is 1.94 bits per heavy atom. The Morgan fingerprint density at radius 1 is 1.35 bits per heavy atom. The molecule has 0 aromatic carbocycles. The van der Waals surface area contributed by atoms with Gasteiger partial charge in [0.2, 0.25) is 11.8 Å². The van der Waals surface area contributed by atoms with Gasteiger partial charge in [-0.3, -0.25) is 9.59 Å². The summed E-state index contributed by atoms with van der Waals surface area (Å²) < 4.78 is 5.17. The fraction of sp³-hybridized carbons (Fsp3) is 0.818. The maximum absolute atomic E-state index is 12.0. The number of ether oxygens (including phenoxy) is 1. The molecular weight excluding hydrogens is 222 g/mol. The molecule has 98 valence electrons. The van der Waals surface area contributed by atoms with Crippen LogP contribution in [-0.4, -0.2) is 55.6 Å². The van der Waals surface area contributed by atoms with Crippen LogP contribution in [0.15, 0.2) is 0 Å². The summed E-state index contributed by atoms with van der Waals surface area (Å²) in [6, 6.07) is -0.505. The van der Waals surface area contributed by atoms with Crippen molar-refractivity contribution in [3.8, 4) is 0 Å². The van der Waals surface area contributed by atoms with Gasteiger partial charge in [0.1, 0.15) is 6.04 Å². The van der Waals surface area contributed by atoms with Crippen LogP contribution in [0.2, 0.25) is 0 Å². The van der Waals surface area contributed by atoms with Crippen molar-refractivity contribution in [3.63, 3.8) is 0 Å². The number of nitrogens with two attached hydrogens (primary N) is 1. The van der Waals surface area contributed by atoms with Crippen LogP contribution in [-0.2, 0) is 14.3 Å². The normalized spacial score (nSPS) is 19.6. The summed E-state index contributed by atoms with van der Waals surface area (Å²) in [5.74, 6) is -0.512. The Morgan fingerprint density at radius 3 is 2.47 bits per heavy atom. The van der Waals surface area contributed by atoms with Crippen LogP contribution < -0.4 is 11.1 Å². The van der Waals surface area contributed by atoms with Crippen LogP contribution in [0.3, 0.4) is 0 Å². The Balaban J connectivity index is 2.43. The summed E-state index contributed by atoms with van der Waals surface area (Å²) in [5.41, 5.74) is 5.39. The van der Waals surface area contributed by atoms with Crippen molar-refractivity contribution in [1.82, 2.24) is 10.2 Å². The second kappa shape index (κ2) is 6.56. The minimum atomic E-state index is -0.505. The number of hydrogen-bond acceptors (Lipinski definition) is 4. The third-order valence-electron chi connectivity index (χ3n) is 2.85. The number of hydrogen-bond donors (Lipinski definition) is 2. The number of amides is 2. The number of carbonyl (C=O) groups excluding carboxylic acids is 2. The summed E-state index contributed by atoms with van der Waals surface area (Å²) in [7, 11) is 0. The first-order chi connectivity index (χ1) is 8.06. The predicted molar refractivity (Wildman–Crippen MR) is 63.2 cm³/mol. The molecule has 0 bridgehead atoms. The van der Waals surface area contributed by atoms with Gasteiger partial charge in [0.25, 0.3) is 0 Å². The molecule has 1 saturated heterocycles. The van der Waals surface area contributed by atoms with E-state index in [0.717, 1.165) is 0 Å². The molecule has 1 fully saturated rings. The Hall–Kier alpha value is -1.14. The maximum Gasteiger partial charge on any atom is 0.245 e. The van der Waals surface area contributed by atoms with Gasteiger partial charge in [-0.1, -0.05) is 6.92 Å². The van der Waals surface area contributed by atoms with Crippen molar-refractivity contribution in [2.24, 2.45) is 11.7 Å². The first-order valence-corrected chi connectivity index (χ1v) is 5.93. The average Bonchev–Trinajstić information content (AvgIpc) is 2.37. The van der Waals surface area contributed by atoms with E-state index in [1.54, 1.807) is 18.7 Å². The maximum atomic E-state index is 12.0. The molecule has 6 heteroatoms. The third kappa shape index (κ3) is 3.98. The summed E-state index contributed by atoms with van der Waals surface area (Å²) >= 11 is 0. The summed E-state index contributed by atoms with van der Waals surface area (Å²) in [5, 5.41) is 2.68. The highest BCUT2D eigenvalue weighted by Crippen LogP contribution is 2.01. The number of nitrogens with zero attached hydrogens (tertiary/aromatic N) is 1. The second-order valence-electron chi connectivity index (χ2n) is 4.30. The van der Waals surface area contributed by atoms with Gasteiger partial charge in [0.05, 0.1) is 13.2 Å². The van der Waals surface area contributed by atoms with E-state index in [1.165, 1.54) is 0 Å². The third-order valence-corrected chi connectivity index (χ3v) is 2.85. The van der Waals surface area contributed by atoms with Gasteiger partial charge in [-0.05, 0) is 6.92 Å². The molecule has 0 aromatic heterocycles. The Labute approximate surface area is 101 Å². The lowest BCUT2D eigenvalue weighted by Crippen LogP contribution is -2.51. The van der Waals surface area contributed by atoms with Crippen LogP contribution in [0, 0.1) is 5.92 Å². The van der Waals surface area contributed by atoms with Crippen LogP contribution in [0.4, 0.5) is 0 Å². The predicted octanol–water partition coefficient (Wildman–Crippen LogP) is -1.06. The fourth-order valence-electron chi connectivity index (χ4n) is 1.58. The molecule has 17 heavy (non-hydrogen) atoms. The molecule has 1 aliphatic rings. The number of morpholine rings is 1. The molecule has 0 spiro atoms. The zero-order valence-electron chi connectivity index (χ0n) is 10.4. The molecule has 1 aliphatic heterocycles. The van der Waals surface area contributed by atoms with Gasteiger partial charge < -0.3 is 20.7 Å². The first-order valence-electron chi connectivity index (χ1n) is 5.93. The SMILES string of the molecule is CC(CN)C(=O)NC(C)C(=O)N1CCOCC1. The highest BCUT2D eigenvalue weighted by Gasteiger charge is 2.24. The molecule has 1 heterocycles. The molecule has 2 unspecified atom stereocenters. The van der Waals surface area contributed by atoms with E-state index in [4.69, 9.17) is 10.5 Å². The summed E-state index contributed by atoms with van der Waals surface area (Å²) in [6.45, 7) is 6.01. The second-order valence-corrected chi connectivity index (χ2v) is 4.30. The quantitative estimate of drug-likeness (QED) is 0.659. The molecule has 2 atom stereocenters. The van der Waals surface area contributed by atoms with E-state index >= 15 is 0 Å². The van der Waals surface area contributed by atoms with E-state index in [2.05, 4.69) is 5.32 Å². The Bertz CT molecular complexity index is 277. The van der Waals surface area contributed by atoms with Crippen LogP contribution in [0.1, 0.15) is 13.8 Å². The number of rotatable bonds is 4. The molecule has 3 N–H and O–H groups in total. The van der Waals surface area contributed by atoms with E-state index in [1.807, 2.05) is 0 Å². The lowest BCUT2D eigenvalue weighted by molar-refractivity contribution is -0.140. The van der Waals surface area contributed by atoms with Crippen LogP contribution in [0.5, 0.6) is 0 Å². The molecule has 0 aromatic rings. The highest BCUT2D eigenvalue weighted by atomic mass is 16.5. The van der Waals surface area contributed by atoms with Crippen molar-refractivity contribution in [2.75, 3.05) is 32.8 Å². The van der Waals surface area contributed by atoms with E-state index in [0.29, 0.717) is 26.3 Å². The molecule has 0 saturated carbocycles. The molecular formula is C11H21N3O3. The van der Waals surface area contributed by atoms with Crippen molar-refractivity contribution in [3.05, 3.63) is 0 Å². The molecule has 6 nitrogen and oxygen atoms in total. The van der Waals surface area contributed by atoms with Crippen molar-refractivity contribution in [2.45, 2.75) is 19.9 Å². The van der Waals surface area contributed by atoms with Crippen molar-refractivity contribution >= 4 is 11.8 Å². The molecule has 0 radical (unpaired) electrons. The summed E-state index contributed by atoms with van der Waals surface area (Å²) in [4.78, 5) is 25.3. The van der Waals surface area contributed by atoms with Gasteiger partial charge in [-0.2, -0.15) is 0 Å². The summed E-state index contributed by atoms with van der Waals surface area (Å²) in [6.07, 6.45) is 0. The molecule has 2 amide bonds. The Kier molecular flexibility index (Phi) is 5.37. The molecule has 1 rings (SSSR count). The van der Waals surface area contributed by atoms with Gasteiger partial charge in [-0.25, -0.2) is 0 Å². The fourth-order valence-corrected chi connectivity index (χ4v) is 1.58. The van der Waals surface area contributed by atoms with Crippen molar-refractivity contribution < 1.29 is 14.3 Å². The minimum absolute atomic E-state index is 0.0640. The van der Waals surface area contributed by atoms with Gasteiger partial charge in [-0.15, -0.1) is 0 Å². The van der Waals surface area contributed by atoms with Gasteiger partial charge in [0.15, 0.2) is 0 Å².